The molecule has 37 heavy (non-hydrogen) atoms. The molecule has 2 heterocycles. The van der Waals surface area contributed by atoms with Crippen LogP contribution >= 0.6 is 23.2 Å². The highest BCUT2D eigenvalue weighted by Gasteiger charge is 2.76. The quantitative estimate of drug-likeness (QED) is 0.361. The Balaban J connectivity index is 1.63. The predicted octanol–water partition coefficient (Wildman–Crippen LogP) is 3.94. The summed E-state index contributed by atoms with van der Waals surface area (Å²) in [6, 6.07) is 10.7. The fourth-order valence-corrected chi connectivity index (χ4v) is 8.16. The molecule has 4 amide bonds. The molecule has 2 aromatic rings. The number of likely N-dealkylation sites (tertiary alicyclic amines) is 2. The second kappa shape index (κ2) is 8.05. The van der Waals surface area contributed by atoms with Gasteiger partial charge in [0.15, 0.2) is 9.75 Å². The summed E-state index contributed by atoms with van der Waals surface area (Å²) in [5, 5.41) is 12.7. The fourth-order valence-electron chi connectivity index (χ4n) is 7.16. The van der Waals surface area contributed by atoms with Gasteiger partial charge in [-0.3, -0.25) is 29.0 Å². The maximum absolute atomic E-state index is 13.7. The van der Waals surface area contributed by atoms with Gasteiger partial charge in [0, 0.05) is 25.1 Å². The van der Waals surface area contributed by atoms with Gasteiger partial charge >= 0.3 is 0 Å². The lowest BCUT2D eigenvalue weighted by Crippen LogP contribution is -2.60. The highest BCUT2D eigenvalue weighted by molar-refractivity contribution is 6.53. The summed E-state index contributed by atoms with van der Waals surface area (Å²) in [6.45, 7) is 2.23. The lowest BCUT2D eigenvalue weighted by Gasteiger charge is -2.51. The van der Waals surface area contributed by atoms with Crippen LogP contribution in [0.5, 0.6) is 5.75 Å². The zero-order valence-corrected chi connectivity index (χ0v) is 21.9. The lowest BCUT2D eigenvalue weighted by molar-refractivity contribution is -0.141. The predicted molar refractivity (Wildman–Crippen MR) is 138 cm³/mol. The van der Waals surface area contributed by atoms with Crippen LogP contribution in [0.1, 0.15) is 37.7 Å². The summed E-state index contributed by atoms with van der Waals surface area (Å²) in [4.78, 5) is 52.5. The van der Waals surface area contributed by atoms with E-state index in [2.05, 4.69) is 0 Å². The number of carbonyl (C=O) groups excluding carboxylic acids is 4. The van der Waals surface area contributed by atoms with Crippen molar-refractivity contribution in [2.75, 3.05) is 13.6 Å². The number of aromatic hydroxyl groups is 1. The minimum Gasteiger partial charge on any atom is -0.508 e. The minimum absolute atomic E-state index is 0.0546. The summed E-state index contributed by atoms with van der Waals surface area (Å²) < 4.78 is 0. The molecule has 4 aliphatic rings. The van der Waals surface area contributed by atoms with Crippen molar-refractivity contribution < 1.29 is 24.3 Å². The molecule has 0 radical (unpaired) electrons. The molecule has 9 heteroatoms. The molecule has 6 atom stereocenters. The molecule has 2 aliphatic heterocycles. The molecule has 2 aliphatic carbocycles. The van der Waals surface area contributed by atoms with Crippen molar-refractivity contribution in [3.63, 3.8) is 0 Å². The van der Waals surface area contributed by atoms with Crippen molar-refractivity contribution in [2.45, 2.75) is 41.9 Å². The second-order valence-corrected chi connectivity index (χ2v) is 11.8. The van der Waals surface area contributed by atoms with Crippen molar-refractivity contribution in [2.24, 2.45) is 17.8 Å². The van der Waals surface area contributed by atoms with Gasteiger partial charge in [0.2, 0.25) is 11.8 Å². The van der Waals surface area contributed by atoms with Crippen LogP contribution in [0.25, 0.3) is 10.8 Å². The van der Waals surface area contributed by atoms with Crippen LogP contribution in [-0.2, 0) is 19.2 Å². The molecule has 0 spiro atoms. The van der Waals surface area contributed by atoms with Crippen molar-refractivity contribution in [3.05, 3.63) is 53.6 Å². The number of carbonyl (C=O) groups is 4. The average Bonchev–Trinajstić information content (AvgIpc) is 3.20. The number of imide groups is 2. The number of hydrogen-bond acceptors (Lipinski definition) is 5. The first-order valence-electron chi connectivity index (χ1n) is 12.5. The first-order chi connectivity index (χ1) is 17.6. The van der Waals surface area contributed by atoms with E-state index in [9.17, 15) is 24.3 Å². The van der Waals surface area contributed by atoms with Gasteiger partial charge in [0.25, 0.3) is 11.8 Å². The van der Waals surface area contributed by atoms with Gasteiger partial charge in [-0.05, 0) is 42.0 Å². The molecule has 1 saturated carbocycles. The van der Waals surface area contributed by atoms with Gasteiger partial charge in [-0.25, -0.2) is 0 Å². The van der Waals surface area contributed by atoms with Crippen LogP contribution in [-0.4, -0.2) is 61.9 Å². The zero-order valence-electron chi connectivity index (χ0n) is 20.4. The molecule has 2 aromatic carbocycles. The third kappa shape index (κ3) is 2.90. The van der Waals surface area contributed by atoms with E-state index in [4.69, 9.17) is 23.2 Å². The zero-order chi connectivity index (χ0) is 26.4. The van der Waals surface area contributed by atoms with Gasteiger partial charge in [-0.1, -0.05) is 48.9 Å². The van der Waals surface area contributed by atoms with Gasteiger partial charge in [0.1, 0.15) is 5.75 Å². The Kier molecular flexibility index (Phi) is 5.32. The van der Waals surface area contributed by atoms with Crippen LogP contribution in [0.4, 0.5) is 0 Å². The molecule has 0 bridgehead atoms. The number of halogens is 2. The van der Waals surface area contributed by atoms with Gasteiger partial charge in [0.05, 0.1) is 11.8 Å². The Labute approximate surface area is 224 Å². The number of fused-ring (bicyclic) bond motifs is 5. The number of hydrogen-bond donors (Lipinski definition) is 1. The molecule has 6 rings (SSSR count). The Morgan fingerprint density at radius 3 is 2.46 bits per heavy atom. The van der Waals surface area contributed by atoms with Crippen molar-refractivity contribution in [1.29, 1.82) is 0 Å². The van der Waals surface area contributed by atoms with E-state index >= 15 is 0 Å². The van der Waals surface area contributed by atoms with Crippen LogP contribution in [0.3, 0.4) is 0 Å². The average molecular weight is 541 g/mol. The Bertz CT molecular complexity index is 1440. The van der Waals surface area contributed by atoms with Gasteiger partial charge in [-0.2, -0.15) is 0 Å². The van der Waals surface area contributed by atoms with E-state index < -0.39 is 45.2 Å². The first-order valence-corrected chi connectivity index (χ1v) is 13.3. The molecular formula is C28H26Cl2N2O5. The molecule has 6 unspecified atom stereocenters. The van der Waals surface area contributed by atoms with E-state index in [1.807, 2.05) is 37.3 Å². The molecule has 2 saturated heterocycles. The van der Waals surface area contributed by atoms with Gasteiger partial charge < -0.3 is 5.11 Å². The Morgan fingerprint density at radius 2 is 1.73 bits per heavy atom. The first kappa shape index (κ1) is 24.4. The number of alkyl halides is 2. The number of phenols is 1. The summed E-state index contributed by atoms with van der Waals surface area (Å²) in [5.41, 5.74) is 1.07. The summed E-state index contributed by atoms with van der Waals surface area (Å²) in [5.74, 6) is -4.68. The van der Waals surface area contributed by atoms with Crippen LogP contribution in [0.2, 0.25) is 0 Å². The number of nitrogens with zero attached hydrogens (tertiary/aromatic N) is 2. The maximum Gasteiger partial charge on any atom is 0.253 e. The van der Waals surface area contributed by atoms with Crippen LogP contribution in [0, 0.1) is 17.8 Å². The lowest BCUT2D eigenvalue weighted by atomic mass is 9.56. The van der Waals surface area contributed by atoms with E-state index in [0.29, 0.717) is 35.9 Å². The third-order valence-corrected chi connectivity index (χ3v) is 10.2. The summed E-state index contributed by atoms with van der Waals surface area (Å²) in [7, 11) is 1.35. The number of amides is 4. The fraction of sp³-hybridized carbons (Fsp3) is 0.429. The third-order valence-electron chi connectivity index (χ3n) is 8.79. The second-order valence-electron chi connectivity index (χ2n) is 10.5. The molecular weight excluding hydrogens is 515 g/mol. The maximum atomic E-state index is 13.7. The van der Waals surface area contributed by atoms with Crippen molar-refractivity contribution in [1.82, 2.24) is 9.80 Å². The van der Waals surface area contributed by atoms with Crippen LogP contribution in [0.15, 0.2) is 48.0 Å². The van der Waals surface area contributed by atoms with E-state index in [1.165, 1.54) is 11.9 Å². The molecule has 0 aromatic heterocycles. The summed E-state index contributed by atoms with van der Waals surface area (Å²) >= 11 is 14.4. The van der Waals surface area contributed by atoms with E-state index in [0.717, 1.165) is 10.3 Å². The largest absolute Gasteiger partial charge is 0.508 e. The van der Waals surface area contributed by atoms with Crippen LogP contribution < -0.4 is 0 Å². The molecule has 7 nitrogen and oxygen atoms in total. The van der Waals surface area contributed by atoms with Crippen molar-refractivity contribution in [3.8, 4) is 5.75 Å². The van der Waals surface area contributed by atoms with E-state index in [1.54, 1.807) is 12.1 Å². The number of rotatable bonds is 3. The monoisotopic (exact) mass is 540 g/mol. The Hall–Kier alpha value is -2.90. The van der Waals surface area contributed by atoms with E-state index in [-0.39, 0.29) is 24.0 Å². The standard InChI is InChI=1S/C28H26Cl2N2O5/c1-3-12-32-23(34)17-10-9-16-18(20(17)24(32)35)13-27(29)25(36)31(2)26(37)28(27,30)22(16)21-15-7-5-4-6-14(15)8-11-19(21)33/h4-9,11,17-18,20,22,33H,3,10,12-13H2,1-2H3. The Morgan fingerprint density at radius 1 is 1.00 bits per heavy atom. The highest BCUT2D eigenvalue weighted by Crippen LogP contribution is 2.66. The topological polar surface area (TPSA) is 95.0 Å². The van der Waals surface area contributed by atoms with Gasteiger partial charge in [-0.15, -0.1) is 23.2 Å². The smallest absolute Gasteiger partial charge is 0.253 e. The number of benzene rings is 2. The minimum atomic E-state index is -1.92. The SMILES string of the molecule is CCCN1C(=O)C2CC=C3C(CC4(Cl)C(=O)N(C)C(=O)C4(Cl)C3c3c(O)ccc4ccccc34)C2C1=O. The number of allylic oxidation sites excluding steroid dienone is 2. The highest BCUT2D eigenvalue weighted by atomic mass is 35.5. The molecule has 1 N–H and O–H groups in total. The normalized spacial score (nSPS) is 35.1. The number of phenolic OH excluding ortho intramolecular Hbond substituents is 1. The summed E-state index contributed by atoms with van der Waals surface area (Å²) in [6.07, 6.45) is 2.77. The molecule has 3 fully saturated rings. The van der Waals surface area contributed by atoms with Crippen molar-refractivity contribution >= 4 is 57.6 Å². The molecule has 192 valence electrons.